The summed E-state index contributed by atoms with van der Waals surface area (Å²) in [5, 5.41) is 3.72. The number of halogens is 1. The first-order valence-corrected chi connectivity index (χ1v) is 8.72. The van der Waals surface area contributed by atoms with Crippen LogP contribution in [0, 0.1) is 11.7 Å². The molecule has 2 aromatic carbocycles. The summed E-state index contributed by atoms with van der Waals surface area (Å²) >= 11 is 0. The van der Waals surface area contributed by atoms with Crippen molar-refractivity contribution in [3.63, 3.8) is 0 Å². The average molecular weight is 350 g/mol. The maximum atomic E-state index is 13.7. The maximum absolute atomic E-state index is 13.7. The van der Waals surface area contributed by atoms with E-state index >= 15 is 0 Å². The zero-order valence-corrected chi connectivity index (χ0v) is 14.2. The van der Waals surface area contributed by atoms with Gasteiger partial charge in [0.15, 0.2) is 0 Å². The Morgan fingerprint density at radius 3 is 2.58 bits per heavy atom. The van der Waals surface area contributed by atoms with E-state index in [1.165, 1.54) is 6.07 Å². The van der Waals surface area contributed by atoms with Gasteiger partial charge in [0.2, 0.25) is 5.91 Å². The number of benzene rings is 2. The highest BCUT2D eigenvalue weighted by molar-refractivity contribution is 5.93. The molecule has 1 saturated heterocycles. The molecule has 1 amide bonds. The minimum atomic E-state index is -0.411. The van der Waals surface area contributed by atoms with E-state index in [2.05, 4.69) is 20.2 Å². The highest BCUT2D eigenvalue weighted by atomic mass is 19.1. The van der Waals surface area contributed by atoms with E-state index < -0.39 is 5.82 Å². The Kier molecular flexibility index (Phi) is 4.48. The van der Waals surface area contributed by atoms with Crippen molar-refractivity contribution in [1.82, 2.24) is 9.97 Å². The molecule has 132 valence electrons. The molecular formula is C20H19FN4O. The molecule has 3 aromatic rings. The number of nitrogens with zero attached hydrogens (tertiary/aromatic N) is 3. The highest BCUT2D eigenvalue weighted by Crippen LogP contribution is 2.28. The summed E-state index contributed by atoms with van der Waals surface area (Å²) in [4.78, 5) is 23.4. The number of fused-ring (bicyclic) bond motifs is 1. The Balaban J connectivity index is 1.44. The highest BCUT2D eigenvalue weighted by Gasteiger charge is 2.26. The second-order valence-electron chi connectivity index (χ2n) is 6.44. The molecule has 1 aliphatic heterocycles. The number of aromatic nitrogens is 2. The zero-order valence-electron chi connectivity index (χ0n) is 14.2. The van der Waals surface area contributed by atoms with Crippen LogP contribution >= 0.6 is 0 Å². The van der Waals surface area contributed by atoms with Crippen LogP contribution in [0.4, 0.5) is 15.9 Å². The van der Waals surface area contributed by atoms with Gasteiger partial charge in [-0.2, -0.15) is 0 Å². The van der Waals surface area contributed by atoms with Crippen molar-refractivity contribution in [2.24, 2.45) is 5.92 Å². The van der Waals surface area contributed by atoms with E-state index in [0.29, 0.717) is 12.8 Å². The number of rotatable bonds is 3. The predicted octanol–water partition coefficient (Wildman–Crippen LogP) is 3.62. The third kappa shape index (κ3) is 3.22. The van der Waals surface area contributed by atoms with Gasteiger partial charge in [-0.15, -0.1) is 0 Å². The SMILES string of the molecule is O=C(Nc1ccccc1F)C1CCN(c2ncnc3ccccc23)CC1. The molecule has 0 bridgehead atoms. The van der Waals surface area contributed by atoms with Crippen molar-refractivity contribution in [2.45, 2.75) is 12.8 Å². The molecule has 0 saturated carbocycles. The molecule has 0 aliphatic carbocycles. The number of amides is 1. The number of para-hydroxylation sites is 2. The summed E-state index contributed by atoms with van der Waals surface area (Å²) in [5.74, 6) is 0.246. The lowest BCUT2D eigenvalue weighted by molar-refractivity contribution is -0.120. The fraction of sp³-hybridized carbons (Fsp3) is 0.250. The summed E-state index contributed by atoms with van der Waals surface area (Å²) in [5.41, 5.74) is 1.15. The van der Waals surface area contributed by atoms with Crippen molar-refractivity contribution in [1.29, 1.82) is 0 Å². The van der Waals surface area contributed by atoms with Gasteiger partial charge in [0.25, 0.3) is 0 Å². The minimum absolute atomic E-state index is 0.123. The van der Waals surface area contributed by atoms with Crippen LogP contribution in [0.5, 0.6) is 0 Å². The average Bonchev–Trinajstić information content (AvgIpc) is 2.69. The standard InChI is InChI=1S/C20H19FN4O/c21-16-6-2-4-8-18(16)24-20(26)14-9-11-25(12-10-14)19-15-5-1-3-7-17(15)22-13-23-19/h1-8,13-14H,9-12H2,(H,24,26). The molecule has 1 aliphatic rings. The number of carbonyl (C=O) groups is 1. The Labute approximate surface area is 150 Å². The number of nitrogens with one attached hydrogen (secondary N) is 1. The molecule has 0 atom stereocenters. The first-order valence-electron chi connectivity index (χ1n) is 8.72. The van der Waals surface area contributed by atoms with Crippen LogP contribution in [-0.4, -0.2) is 29.0 Å². The van der Waals surface area contributed by atoms with Crippen molar-refractivity contribution < 1.29 is 9.18 Å². The third-order valence-corrected chi connectivity index (χ3v) is 4.82. The fourth-order valence-electron chi connectivity index (χ4n) is 3.39. The second-order valence-corrected chi connectivity index (χ2v) is 6.44. The lowest BCUT2D eigenvalue weighted by Gasteiger charge is -2.32. The summed E-state index contributed by atoms with van der Waals surface area (Å²) in [6.07, 6.45) is 2.99. The lowest BCUT2D eigenvalue weighted by Crippen LogP contribution is -2.38. The fourth-order valence-corrected chi connectivity index (χ4v) is 3.39. The van der Waals surface area contributed by atoms with Crippen LogP contribution in [-0.2, 0) is 4.79 Å². The zero-order chi connectivity index (χ0) is 17.9. The summed E-state index contributed by atoms with van der Waals surface area (Å²) < 4.78 is 13.7. The van der Waals surface area contributed by atoms with E-state index in [0.717, 1.165) is 29.8 Å². The topological polar surface area (TPSA) is 58.1 Å². The van der Waals surface area contributed by atoms with Crippen LogP contribution in [0.2, 0.25) is 0 Å². The van der Waals surface area contributed by atoms with Gasteiger partial charge in [-0.3, -0.25) is 4.79 Å². The Hall–Kier alpha value is -3.02. The van der Waals surface area contributed by atoms with Crippen molar-refractivity contribution in [3.8, 4) is 0 Å². The van der Waals surface area contributed by atoms with Gasteiger partial charge in [-0.05, 0) is 37.1 Å². The Morgan fingerprint density at radius 2 is 1.77 bits per heavy atom. The monoisotopic (exact) mass is 350 g/mol. The van der Waals surface area contributed by atoms with Gasteiger partial charge in [-0.25, -0.2) is 14.4 Å². The quantitative estimate of drug-likeness (QED) is 0.784. The molecule has 5 nitrogen and oxygen atoms in total. The van der Waals surface area contributed by atoms with Gasteiger partial charge in [0, 0.05) is 24.4 Å². The van der Waals surface area contributed by atoms with Crippen molar-refractivity contribution >= 4 is 28.3 Å². The first-order chi connectivity index (χ1) is 12.7. The molecule has 2 heterocycles. The van der Waals surface area contributed by atoms with Crippen LogP contribution in [0.3, 0.4) is 0 Å². The van der Waals surface area contributed by atoms with E-state index in [4.69, 9.17) is 0 Å². The van der Waals surface area contributed by atoms with Crippen LogP contribution in [0.1, 0.15) is 12.8 Å². The summed E-state index contributed by atoms with van der Waals surface area (Å²) in [6.45, 7) is 1.47. The number of piperidine rings is 1. The van der Waals surface area contributed by atoms with Crippen molar-refractivity contribution in [3.05, 3.63) is 60.7 Å². The normalized spacial score (nSPS) is 15.2. The third-order valence-electron chi connectivity index (χ3n) is 4.82. The van der Waals surface area contributed by atoms with E-state index in [1.807, 2.05) is 24.3 Å². The van der Waals surface area contributed by atoms with Gasteiger partial charge in [0.05, 0.1) is 11.2 Å². The second kappa shape index (κ2) is 7.07. The van der Waals surface area contributed by atoms with E-state index in [1.54, 1.807) is 24.5 Å². The van der Waals surface area contributed by atoms with Crippen LogP contribution in [0.15, 0.2) is 54.9 Å². The van der Waals surface area contributed by atoms with E-state index in [-0.39, 0.29) is 17.5 Å². The lowest BCUT2D eigenvalue weighted by atomic mass is 9.95. The molecule has 26 heavy (non-hydrogen) atoms. The molecule has 1 N–H and O–H groups in total. The van der Waals surface area contributed by atoms with Gasteiger partial charge >= 0.3 is 0 Å². The summed E-state index contributed by atoms with van der Waals surface area (Å²) in [6, 6.07) is 14.2. The molecule has 0 radical (unpaired) electrons. The molecule has 4 rings (SSSR count). The first kappa shape index (κ1) is 16.4. The maximum Gasteiger partial charge on any atom is 0.227 e. The van der Waals surface area contributed by atoms with E-state index in [9.17, 15) is 9.18 Å². The molecule has 1 fully saturated rings. The molecular weight excluding hydrogens is 331 g/mol. The van der Waals surface area contributed by atoms with Gasteiger partial charge < -0.3 is 10.2 Å². The molecule has 6 heteroatoms. The number of hydrogen-bond donors (Lipinski definition) is 1. The Bertz CT molecular complexity index is 933. The van der Waals surface area contributed by atoms with Gasteiger partial charge in [0.1, 0.15) is 18.0 Å². The largest absolute Gasteiger partial charge is 0.356 e. The Morgan fingerprint density at radius 1 is 1.04 bits per heavy atom. The van der Waals surface area contributed by atoms with Gasteiger partial charge in [-0.1, -0.05) is 24.3 Å². The smallest absolute Gasteiger partial charge is 0.227 e. The predicted molar refractivity (Wildman–Crippen MR) is 99.5 cm³/mol. The number of carbonyl (C=O) groups excluding carboxylic acids is 1. The molecule has 0 spiro atoms. The van der Waals surface area contributed by atoms with Crippen LogP contribution in [0.25, 0.3) is 10.9 Å². The molecule has 0 unspecified atom stereocenters. The number of hydrogen-bond acceptors (Lipinski definition) is 4. The number of anilines is 2. The minimum Gasteiger partial charge on any atom is -0.356 e. The summed E-state index contributed by atoms with van der Waals surface area (Å²) in [7, 11) is 0. The molecule has 1 aromatic heterocycles. The van der Waals surface area contributed by atoms with Crippen molar-refractivity contribution in [2.75, 3.05) is 23.3 Å². The van der Waals surface area contributed by atoms with Crippen LogP contribution < -0.4 is 10.2 Å².